The first kappa shape index (κ1) is 9.26. The van der Waals surface area contributed by atoms with E-state index < -0.39 is 0 Å². The lowest BCUT2D eigenvalue weighted by atomic mass is 10.4. The Kier molecular flexibility index (Phi) is 3.13. The highest BCUT2D eigenvalue weighted by Crippen LogP contribution is 2.44. The maximum Gasteiger partial charge on any atom is 0.313 e. The minimum absolute atomic E-state index is 0.00343. The molecule has 2 nitrogen and oxygen atoms in total. The minimum atomic E-state index is -0.112. The van der Waals surface area contributed by atoms with Crippen LogP contribution < -0.4 is 0 Å². The zero-order valence-corrected chi connectivity index (χ0v) is 9.24. The van der Waals surface area contributed by atoms with Crippen molar-refractivity contribution in [2.24, 2.45) is 5.92 Å². The predicted octanol–water partition coefficient (Wildman–Crippen LogP) is 2.57. The molecule has 0 aliphatic heterocycles. The highest BCUT2D eigenvalue weighted by molar-refractivity contribution is 9.28. The molecule has 1 aliphatic carbocycles. The normalized spacial score (nSPS) is 21.4. The molecule has 1 aliphatic rings. The number of carbonyl (C=O) groups excluding carboxylic acids is 1. The van der Waals surface area contributed by atoms with E-state index in [-0.39, 0.29) is 11.9 Å². The van der Waals surface area contributed by atoms with Crippen LogP contribution in [0, 0.1) is 5.92 Å². The first-order chi connectivity index (χ1) is 5.16. The molecule has 0 heterocycles. The first-order valence-electron chi connectivity index (χ1n) is 3.37. The number of rotatable bonds is 2. The van der Waals surface area contributed by atoms with Gasteiger partial charge in [0.2, 0.25) is 0 Å². The van der Waals surface area contributed by atoms with Gasteiger partial charge in [-0.05, 0) is 50.8 Å². The van der Waals surface area contributed by atoms with Gasteiger partial charge in [-0.1, -0.05) is 0 Å². The van der Waals surface area contributed by atoms with Crippen molar-refractivity contribution in [3.63, 3.8) is 0 Å². The van der Waals surface area contributed by atoms with Crippen molar-refractivity contribution < 1.29 is 9.53 Å². The molecule has 1 rings (SSSR count). The van der Waals surface area contributed by atoms with Gasteiger partial charge in [0.1, 0.15) is 0 Å². The summed E-state index contributed by atoms with van der Waals surface area (Å²) in [7, 11) is 0. The van der Waals surface area contributed by atoms with Crippen LogP contribution in [0.1, 0.15) is 13.3 Å². The van der Waals surface area contributed by atoms with Crippen molar-refractivity contribution in [2.75, 3.05) is 6.61 Å². The molecule has 0 saturated heterocycles. The quantitative estimate of drug-likeness (QED) is 0.728. The van der Waals surface area contributed by atoms with Crippen LogP contribution in [0.15, 0.2) is 8.96 Å². The molecule has 1 fully saturated rings. The molecular weight excluding hydrogens is 276 g/mol. The summed E-state index contributed by atoms with van der Waals surface area (Å²) in [5, 5.41) is 0. The van der Waals surface area contributed by atoms with Crippen molar-refractivity contribution >= 4 is 37.8 Å². The predicted molar refractivity (Wildman–Crippen MR) is 49.6 cm³/mol. The van der Waals surface area contributed by atoms with Crippen molar-refractivity contribution in [2.45, 2.75) is 13.3 Å². The largest absolute Gasteiger partial charge is 0.466 e. The molecule has 0 amide bonds. The van der Waals surface area contributed by atoms with E-state index in [4.69, 9.17) is 4.74 Å². The third kappa shape index (κ3) is 2.30. The van der Waals surface area contributed by atoms with Crippen LogP contribution in [-0.4, -0.2) is 12.6 Å². The van der Waals surface area contributed by atoms with Gasteiger partial charge in [0, 0.05) is 0 Å². The van der Waals surface area contributed by atoms with Crippen LogP contribution in [0.25, 0.3) is 0 Å². The van der Waals surface area contributed by atoms with Gasteiger partial charge in [-0.3, -0.25) is 4.79 Å². The van der Waals surface area contributed by atoms with Crippen LogP contribution in [0.5, 0.6) is 0 Å². The number of esters is 1. The number of halogens is 2. The number of ether oxygens (including phenoxy) is 1. The molecule has 0 bridgehead atoms. The van der Waals surface area contributed by atoms with Gasteiger partial charge in [-0.25, -0.2) is 0 Å². The van der Waals surface area contributed by atoms with Gasteiger partial charge in [0.05, 0.1) is 15.9 Å². The summed E-state index contributed by atoms with van der Waals surface area (Å²) in [5.41, 5.74) is 1.10. The fourth-order valence-corrected chi connectivity index (χ4v) is 1.71. The van der Waals surface area contributed by atoms with Crippen LogP contribution in [-0.2, 0) is 9.53 Å². The van der Waals surface area contributed by atoms with Gasteiger partial charge < -0.3 is 4.74 Å². The SMILES string of the molecule is CCOC(=O)C1CC1=C(Br)Br. The Labute approximate surface area is 82.2 Å². The maximum atomic E-state index is 11.0. The molecule has 0 aromatic carbocycles. The molecule has 4 heteroatoms. The lowest BCUT2D eigenvalue weighted by Crippen LogP contribution is -2.05. The highest BCUT2D eigenvalue weighted by atomic mass is 79.9. The Bertz CT molecular complexity index is 206. The summed E-state index contributed by atoms with van der Waals surface area (Å²) >= 11 is 6.50. The van der Waals surface area contributed by atoms with Gasteiger partial charge >= 0.3 is 5.97 Å². The standard InChI is InChI=1S/C7H8Br2O2/c1-2-11-7(10)5-3-4(5)6(8)9/h5H,2-3H2,1H3. The van der Waals surface area contributed by atoms with E-state index >= 15 is 0 Å². The second-order valence-corrected chi connectivity index (χ2v) is 4.94. The van der Waals surface area contributed by atoms with Crippen molar-refractivity contribution in [3.05, 3.63) is 8.96 Å². The Balaban J connectivity index is 2.44. The fraction of sp³-hybridized carbons (Fsp3) is 0.571. The smallest absolute Gasteiger partial charge is 0.313 e. The fourth-order valence-electron chi connectivity index (χ4n) is 0.838. The Morgan fingerprint density at radius 3 is 2.73 bits per heavy atom. The van der Waals surface area contributed by atoms with E-state index in [9.17, 15) is 4.79 Å². The third-order valence-corrected chi connectivity index (χ3v) is 2.52. The number of hydrogen-bond acceptors (Lipinski definition) is 2. The molecular formula is C7H8Br2O2. The monoisotopic (exact) mass is 282 g/mol. The maximum absolute atomic E-state index is 11.0. The lowest BCUT2D eigenvalue weighted by Gasteiger charge is -1.96. The van der Waals surface area contributed by atoms with Gasteiger partial charge in [-0.2, -0.15) is 0 Å². The van der Waals surface area contributed by atoms with E-state index in [0.717, 1.165) is 15.4 Å². The van der Waals surface area contributed by atoms with E-state index in [0.29, 0.717) is 6.61 Å². The molecule has 0 aromatic heterocycles. The molecule has 1 unspecified atom stereocenters. The summed E-state index contributed by atoms with van der Waals surface area (Å²) in [6.45, 7) is 2.27. The van der Waals surface area contributed by atoms with E-state index in [1.54, 1.807) is 0 Å². The minimum Gasteiger partial charge on any atom is -0.466 e. The second kappa shape index (κ2) is 3.72. The average Bonchev–Trinajstić information content (AvgIpc) is 2.65. The van der Waals surface area contributed by atoms with Crippen molar-refractivity contribution in [1.82, 2.24) is 0 Å². The molecule has 0 spiro atoms. The van der Waals surface area contributed by atoms with Crippen LogP contribution >= 0.6 is 31.9 Å². The Morgan fingerprint density at radius 2 is 2.36 bits per heavy atom. The molecule has 62 valence electrons. The molecule has 11 heavy (non-hydrogen) atoms. The summed E-state index contributed by atoms with van der Waals surface area (Å²) in [5.74, 6) is -0.109. The molecule has 1 saturated carbocycles. The third-order valence-electron chi connectivity index (χ3n) is 1.50. The first-order valence-corrected chi connectivity index (χ1v) is 4.96. The average molecular weight is 284 g/mol. The molecule has 0 radical (unpaired) electrons. The summed E-state index contributed by atoms with van der Waals surface area (Å²) in [4.78, 5) is 11.0. The van der Waals surface area contributed by atoms with Gasteiger partial charge in [0.25, 0.3) is 0 Å². The van der Waals surface area contributed by atoms with E-state index in [2.05, 4.69) is 31.9 Å². The molecule has 1 atom stereocenters. The molecule has 0 aromatic rings. The van der Waals surface area contributed by atoms with Crippen LogP contribution in [0.2, 0.25) is 0 Å². The Morgan fingerprint density at radius 1 is 1.73 bits per heavy atom. The topological polar surface area (TPSA) is 26.3 Å². The van der Waals surface area contributed by atoms with Gasteiger partial charge in [-0.15, -0.1) is 0 Å². The second-order valence-electron chi connectivity index (χ2n) is 2.29. The van der Waals surface area contributed by atoms with Crippen LogP contribution in [0.4, 0.5) is 0 Å². The summed E-state index contributed by atoms with van der Waals surface area (Å²) in [6.07, 6.45) is 0.824. The number of carbonyl (C=O) groups is 1. The lowest BCUT2D eigenvalue weighted by molar-refractivity contribution is -0.144. The zero-order valence-electron chi connectivity index (χ0n) is 6.06. The number of hydrogen-bond donors (Lipinski definition) is 0. The van der Waals surface area contributed by atoms with E-state index in [1.807, 2.05) is 6.92 Å². The molecule has 0 N–H and O–H groups in total. The zero-order chi connectivity index (χ0) is 8.43. The van der Waals surface area contributed by atoms with Crippen molar-refractivity contribution in [1.29, 1.82) is 0 Å². The summed E-state index contributed by atoms with van der Waals surface area (Å²) < 4.78 is 5.72. The summed E-state index contributed by atoms with van der Waals surface area (Å²) in [6, 6.07) is 0. The van der Waals surface area contributed by atoms with Gasteiger partial charge in [0.15, 0.2) is 0 Å². The van der Waals surface area contributed by atoms with Crippen LogP contribution in [0.3, 0.4) is 0 Å². The highest BCUT2D eigenvalue weighted by Gasteiger charge is 2.39. The van der Waals surface area contributed by atoms with E-state index in [1.165, 1.54) is 0 Å². The van der Waals surface area contributed by atoms with Crippen molar-refractivity contribution in [3.8, 4) is 0 Å². The Hall–Kier alpha value is 0.170.